The van der Waals surface area contributed by atoms with Gasteiger partial charge in [-0.3, -0.25) is 0 Å². The normalized spacial score (nSPS) is 10.9. The third kappa shape index (κ3) is 4.35. The molecule has 0 saturated heterocycles. The molecule has 0 radical (unpaired) electrons. The van der Waals surface area contributed by atoms with Crippen molar-refractivity contribution in [1.82, 2.24) is 15.1 Å². The van der Waals surface area contributed by atoms with E-state index in [0.29, 0.717) is 27.2 Å². The van der Waals surface area contributed by atoms with Crippen LogP contribution in [-0.4, -0.2) is 21.9 Å². The highest BCUT2D eigenvalue weighted by atomic mass is 35.5. The molecule has 0 atom stereocenters. The molecular formula is C19H19Cl2N5O. The number of carbonyl (C=O) groups is 1. The van der Waals surface area contributed by atoms with Crippen LogP contribution in [0.15, 0.2) is 48.5 Å². The maximum absolute atomic E-state index is 12.2. The molecule has 3 aromatic rings. The predicted octanol–water partition coefficient (Wildman–Crippen LogP) is 4.96. The van der Waals surface area contributed by atoms with E-state index < -0.39 is 0 Å². The number of hydrogen-bond donors (Lipinski definition) is 3. The molecule has 2 aromatic carbocycles. The van der Waals surface area contributed by atoms with Gasteiger partial charge in [0, 0.05) is 21.7 Å². The van der Waals surface area contributed by atoms with Crippen molar-refractivity contribution < 1.29 is 4.79 Å². The van der Waals surface area contributed by atoms with E-state index in [9.17, 15) is 4.79 Å². The van der Waals surface area contributed by atoms with Crippen molar-refractivity contribution in [2.45, 2.75) is 19.9 Å². The van der Waals surface area contributed by atoms with Gasteiger partial charge >= 0.3 is 6.03 Å². The van der Waals surface area contributed by atoms with Crippen LogP contribution in [-0.2, 0) is 0 Å². The molecule has 140 valence electrons. The van der Waals surface area contributed by atoms with Crippen LogP contribution in [0.4, 0.5) is 16.3 Å². The number of carbonyl (C=O) groups excluding carboxylic acids is 1. The first kappa shape index (κ1) is 19.1. The zero-order chi connectivity index (χ0) is 19.6. The molecule has 0 saturated carbocycles. The summed E-state index contributed by atoms with van der Waals surface area (Å²) in [5, 5.41) is 11.4. The van der Waals surface area contributed by atoms with Gasteiger partial charge in [0.25, 0.3) is 0 Å². The fraction of sp³-hybridized carbons (Fsp3) is 0.158. The number of nitrogens with two attached hydrogens (primary N) is 1. The topological polar surface area (TPSA) is 85.0 Å². The van der Waals surface area contributed by atoms with Crippen LogP contribution in [0.5, 0.6) is 0 Å². The van der Waals surface area contributed by atoms with Crippen molar-refractivity contribution in [2.75, 3.05) is 11.1 Å². The van der Waals surface area contributed by atoms with Gasteiger partial charge in [-0.15, -0.1) is 0 Å². The largest absolute Gasteiger partial charge is 0.382 e. The third-order valence-corrected chi connectivity index (χ3v) is 4.27. The Hall–Kier alpha value is -2.70. The fourth-order valence-corrected chi connectivity index (χ4v) is 2.81. The van der Waals surface area contributed by atoms with E-state index in [1.165, 1.54) is 0 Å². The van der Waals surface area contributed by atoms with Crippen LogP contribution < -0.4 is 16.4 Å². The number of hydrogen-bond acceptors (Lipinski definition) is 3. The Bertz CT molecular complexity index is 949. The summed E-state index contributed by atoms with van der Waals surface area (Å²) in [6.07, 6.45) is 0. The van der Waals surface area contributed by atoms with Crippen molar-refractivity contribution in [3.63, 3.8) is 0 Å². The lowest BCUT2D eigenvalue weighted by molar-refractivity contribution is 0.250. The van der Waals surface area contributed by atoms with E-state index in [4.69, 9.17) is 28.9 Å². The van der Waals surface area contributed by atoms with E-state index in [-0.39, 0.29) is 12.1 Å². The van der Waals surface area contributed by atoms with Crippen LogP contribution >= 0.6 is 23.2 Å². The number of urea groups is 1. The molecule has 27 heavy (non-hydrogen) atoms. The van der Waals surface area contributed by atoms with Gasteiger partial charge in [0.05, 0.1) is 5.69 Å². The Morgan fingerprint density at radius 1 is 1.04 bits per heavy atom. The maximum Gasteiger partial charge on any atom is 0.319 e. The van der Waals surface area contributed by atoms with Crippen molar-refractivity contribution in [3.8, 4) is 16.9 Å². The zero-order valence-corrected chi connectivity index (χ0v) is 16.3. The lowest BCUT2D eigenvalue weighted by Crippen LogP contribution is -2.34. The Kier molecular flexibility index (Phi) is 5.58. The molecule has 1 heterocycles. The summed E-state index contributed by atoms with van der Waals surface area (Å²) >= 11 is 11.9. The molecule has 8 heteroatoms. The summed E-state index contributed by atoms with van der Waals surface area (Å²) < 4.78 is 1.56. The predicted molar refractivity (Wildman–Crippen MR) is 111 cm³/mol. The summed E-state index contributed by atoms with van der Waals surface area (Å²) in [5.74, 6) is 0.307. The van der Waals surface area contributed by atoms with Crippen molar-refractivity contribution >= 4 is 40.7 Å². The number of nitrogen functional groups attached to an aromatic ring is 1. The number of aromatic nitrogens is 2. The molecule has 3 rings (SSSR count). The van der Waals surface area contributed by atoms with Gasteiger partial charge in [0.1, 0.15) is 11.4 Å². The smallest absolute Gasteiger partial charge is 0.319 e. The van der Waals surface area contributed by atoms with E-state index in [1.54, 1.807) is 41.1 Å². The summed E-state index contributed by atoms with van der Waals surface area (Å²) in [4.78, 5) is 12.2. The van der Waals surface area contributed by atoms with E-state index in [2.05, 4.69) is 15.7 Å². The summed E-state index contributed by atoms with van der Waals surface area (Å²) in [5.41, 5.74) is 8.78. The molecule has 0 fully saturated rings. The van der Waals surface area contributed by atoms with Gasteiger partial charge in [-0.1, -0.05) is 35.3 Å². The molecular weight excluding hydrogens is 385 g/mol. The van der Waals surface area contributed by atoms with Crippen molar-refractivity contribution in [1.29, 1.82) is 0 Å². The first-order chi connectivity index (χ1) is 12.8. The average molecular weight is 404 g/mol. The van der Waals surface area contributed by atoms with E-state index >= 15 is 0 Å². The monoisotopic (exact) mass is 403 g/mol. The van der Waals surface area contributed by atoms with Crippen LogP contribution in [0.3, 0.4) is 0 Å². The second kappa shape index (κ2) is 7.90. The van der Waals surface area contributed by atoms with Gasteiger partial charge in [-0.2, -0.15) is 5.10 Å². The number of nitrogens with zero attached hydrogens (tertiary/aromatic N) is 2. The molecule has 1 aromatic heterocycles. The second-order valence-corrected chi connectivity index (χ2v) is 7.13. The van der Waals surface area contributed by atoms with Crippen LogP contribution in [0.1, 0.15) is 13.8 Å². The van der Waals surface area contributed by atoms with Gasteiger partial charge < -0.3 is 16.4 Å². The first-order valence-corrected chi connectivity index (χ1v) is 9.08. The highest BCUT2D eigenvalue weighted by Crippen LogP contribution is 2.34. The minimum Gasteiger partial charge on any atom is -0.382 e. The molecule has 0 aliphatic heterocycles. The maximum atomic E-state index is 12.2. The SMILES string of the molecule is CC(C)NC(=O)Nc1c(-c2ccc(Cl)cc2)nn(-c2ccc(Cl)cc2)c1N. The number of anilines is 2. The molecule has 0 aliphatic carbocycles. The number of halogens is 2. The standard InChI is InChI=1S/C19H19Cl2N5O/c1-11(2)23-19(27)24-17-16(12-3-5-13(20)6-4-12)25-26(18(17)22)15-9-7-14(21)8-10-15/h3-11H,22H2,1-2H3,(H2,23,24,27). The van der Waals surface area contributed by atoms with Crippen molar-refractivity contribution in [3.05, 3.63) is 58.6 Å². The molecule has 0 bridgehead atoms. The average Bonchev–Trinajstić information content (AvgIpc) is 2.92. The van der Waals surface area contributed by atoms with E-state index in [1.807, 2.05) is 26.0 Å². The Labute approximate surface area is 167 Å². The minimum atomic E-state index is -0.359. The lowest BCUT2D eigenvalue weighted by Gasteiger charge is -2.11. The molecule has 2 amide bonds. The van der Waals surface area contributed by atoms with Crippen LogP contribution in [0.2, 0.25) is 10.0 Å². The van der Waals surface area contributed by atoms with E-state index in [0.717, 1.165) is 11.3 Å². The highest BCUT2D eigenvalue weighted by Gasteiger charge is 2.20. The molecule has 6 nitrogen and oxygen atoms in total. The molecule has 0 spiro atoms. The molecule has 4 N–H and O–H groups in total. The zero-order valence-electron chi connectivity index (χ0n) is 14.8. The van der Waals surface area contributed by atoms with Gasteiger partial charge in [0.2, 0.25) is 0 Å². The quantitative estimate of drug-likeness (QED) is 0.575. The number of rotatable bonds is 4. The number of amides is 2. The van der Waals surface area contributed by atoms with Crippen LogP contribution in [0, 0.1) is 0 Å². The van der Waals surface area contributed by atoms with Gasteiger partial charge in [-0.05, 0) is 50.2 Å². The Morgan fingerprint density at radius 3 is 2.15 bits per heavy atom. The molecule has 0 aliphatic rings. The second-order valence-electron chi connectivity index (χ2n) is 6.26. The number of benzene rings is 2. The highest BCUT2D eigenvalue weighted by molar-refractivity contribution is 6.30. The summed E-state index contributed by atoms with van der Waals surface area (Å²) in [6.45, 7) is 3.75. The summed E-state index contributed by atoms with van der Waals surface area (Å²) in [6, 6.07) is 13.9. The fourth-order valence-electron chi connectivity index (χ4n) is 2.56. The minimum absolute atomic E-state index is 0.0171. The number of nitrogens with one attached hydrogen (secondary N) is 2. The third-order valence-electron chi connectivity index (χ3n) is 3.77. The molecule has 0 unspecified atom stereocenters. The lowest BCUT2D eigenvalue weighted by atomic mass is 10.1. The van der Waals surface area contributed by atoms with Gasteiger partial charge in [0.15, 0.2) is 5.82 Å². The Morgan fingerprint density at radius 2 is 1.59 bits per heavy atom. The summed E-state index contributed by atoms with van der Waals surface area (Å²) in [7, 11) is 0. The van der Waals surface area contributed by atoms with Crippen molar-refractivity contribution in [2.24, 2.45) is 0 Å². The van der Waals surface area contributed by atoms with Gasteiger partial charge in [-0.25, -0.2) is 9.48 Å². The Balaban J connectivity index is 2.09. The van der Waals surface area contributed by atoms with Crippen LogP contribution in [0.25, 0.3) is 16.9 Å². The first-order valence-electron chi connectivity index (χ1n) is 8.33.